The maximum atomic E-state index is 13.5. The molecule has 0 unspecified atom stereocenters. The molecule has 3 heterocycles. The average molecular weight is 507 g/mol. The van der Waals surface area contributed by atoms with E-state index < -0.39 is 11.9 Å². The Labute approximate surface area is 218 Å². The highest BCUT2D eigenvalue weighted by atomic mass is 16.5. The molecule has 8 heteroatoms. The van der Waals surface area contributed by atoms with Crippen LogP contribution in [0.25, 0.3) is 16.7 Å². The maximum absolute atomic E-state index is 13.5. The van der Waals surface area contributed by atoms with Gasteiger partial charge in [-0.3, -0.25) is 14.0 Å². The van der Waals surface area contributed by atoms with Gasteiger partial charge >= 0.3 is 5.97 Å². The lowest BCUT2D eigenvalue weighted by Gasteiger charge is -2.15. The van der Waals surface area contributed by atoms with Crippen molar-refractivity contribution in [2.45, 2.75) is 26.3 Å². The lowest BCUT2D eigenvalue weighted by atomic mass is 10.1. The molecule has 0 bridgehead atoms. The number of hydrogen-bond donors (Lipinski definition) is 0. The fourth-order valence-corrected chi connectivity index (χ4v) is 4.34. The van der Waals surface area contributed by atoms with Crippen LogP contribution in [0, 0.1) is 0 Å². The summed E-state index contributed by atoms with van der Waals surface area (Å²) < 4.78 is 8.39. The van der Waals surface area contributed by atoms with Crippen LogP contribution in [0.4, 0.5) is 0 Å². The number of benzene rings is 2. The molecule has 5 rings (SSSR count). The van der Waals surface area contributed by atoms with Crippen molar-refractivity contribution in [1.29, 1.82) is 0 Å². The van der Waals surface area contributed by atoms with E-state index in [-0.39, 0.29) is 41.6 Å². The number of rotatable bonds is 7. The third-order valence-corrected chi connectivity index (χ3v) is 6.17. The van der Waals surface area contributed by atoms with Crippen LogP contribution in [-0.4, -0.2) is 32.4 Å². The Balaban J connectivity index is 1.76. The van der Waals surface area contributed by atoms with Crippen molar-refractivity contribution in [2.24, 2.45) is 4.99 Å². The van der Waals surface area contributed by atoms with Crippen LogP contribution in [0.2, 0.25) is 0 Å². The molecule has 8 nitrogen and oxygen atoms in total. The second kappa shape index (κ2) is 11.0. The molecule has 190 valence electrons. The van der Waals surface area contributed by atoms with Crippen molar-refractivity contribution in [1.82, 2.24) is 14.0 Å². The lowest BCUT2D eigenvalue weighted by molar-refractivity contribution is -0.118. The SMILES string of the molecule is CCOC(=O)c1cc2c(=O)n3ccccc3nc2n(Cc2ccccc2)c1=NC(=O)CCc1ccccc1. The molecule has 38 heavy (non-hydrogen) atoms. The number of aromatic nitrogens is 3. The topological polar surface area (TPSA) is 95.0 Å². The Hall–Kier alpha value is -4.85. The molecule has 0 aliphatic carbocycles. The second-order valence-corrected chi connectivity index (χ2v) is 8.75. The maximum Gasteiger partial charge on any atom is 0.341 e. The summed E-state index contributed by atoms with van der Waals surface area (Å²) in [4.78, 5) is 48.9. The van der Waals surface area contributed by atoms with E-state index in [0.717, 1.165) is 11.1 Å². The molecule has 5 aromatic rings. The number of fused-ring (bicyclic) bond motifs is 2. The fourth-order valence-electron chi connectivity index (χ4n) is 4.34. The van der Waals surface area contributed by atoms with Gasteiger partial charge in [0.2, 0.25) is 5.91 Å². The number of amides is 1. The van der Waals surface area contributed by atoms with Crippen LogP contribution in [0.5, 0.6) is 0 Å². The minimum absolute atomic E-state index is 0.0399. The third kappa shape index (κ3) is 5.15. The number of ether oxygens (including phenoxy) is 1. The monoisotopic (exact) mass is 506 g/mol. The van der Waals surface area contributed by atoms with E-state index in [9.17, 15) is 14.4 Å². The van der Waals surface area contributed by atoms with Gasteiger partial charge in [0.15, 0.2) is 5.49 Å². The van der Waals surface area contributed by atoms with Crippen molar-refractivity contribution >= 4 is 28.6 Å². The number of carbonyl (C=O) groups is 2. The number of hydrogen-bond acceptors (Lipinski definition) is 5. The normalized spacial score (nSPS) is 11.7. The largest absolute Gasteiger partial charge is 0.462 e. The van der Waals surface area contributed by atoms with Gasteiger partial charge in [-0.25, -0.2) is 9.78 Å². The first-order valence-electron chi connectivity index (χ1n) is 12.4. The van der Waals surface area contributed by atoms with Crippen LogP contribution in [0.15, 0.2) is 101 Å². The minimum Gasteiger partial charge on any atom is -0.462 e. The highest BCUT2D eigenvalue weighted by molar-refractivity contribution is 5.93. The molecule has 1 amide bonds. The first kappa shape index (κ1) is 24.8. The molecule has 0 saturated heterocycles. The molecule has 0 spiro atoms. The van der Waals surface area contributed by atoms with Gasteiger partial charge < -0.3 is 9.30 Å². The summed E-state index contributed by atoms with van der Waals surface area (Å²) in [6.07, 6.45) is 2.29. The molecule has 3 aromatic heterocycles. The van der Waals surface area contributed by atoms with E-state index in [1.807, 2.05) is 60.7 Å². The summed E-state index contributed by atoms with van der Waals surface area (Å²) >= 11 is 0. The number of carbonyl (C=O) groups excluding carboxylic acids is 2. The molecule has 0 aliphatic heterocycles. The van der Waals surface area contributed by atoms with Crippen molar-refractivity contribution < 1.29 is 14.3 Å². The quantitative estimate of drug-likeness (QED) is 0.246. The Morgan fingerprint density at radius 1 is 0.921 bits per heavy atom. The van der Waals surface area contributed by atoms with Gasteiger partial charge in [0, 0.05) is 12.6 Å². The Morgan fingerprint density at radius 3 is 2.32 bits per heavy atom. The molecule has 0 N–H and O–H groups in total. The molecule has 0 radical (unpaired) electrons. The fraction of sp³-hybridized carbons (Fsp3) is 0.167. The first-order valence-corrected chi connectivity index (χ1v) is 12.4. The van der Waals surface area contributed by atoms with Gasteiger partial charge in [0.05, 0.1) is 18.5 Å². The van der Waals surface area contributed by atoms with Gasteiger partial charge in [0.25, 0.3) is 5.56 Å². The summed E-state index contributed by atoms with van der Waals surface area (Å²) in [5.74, 6) is -1.05. The summed E-state index contributed by atoms with van der Waals surface area (Å²) in [7, 11) is 0. The lowest BCUT2D eigenvalue weighted by Crippen LogP contribution is -2.33. The van der Waals surface area contributed by atoms with Gasteiger partial charge in [-0.1, -0.05) is 66.7 Å². The standard InChI is InChI=1S/C30H26N4O4/c1-2-38-30(37)24-19-23-27(31-25-15-9-10-18-33(25)29(23)36)34(20-22-13-7-4-8-14-22)28(24)32-26(35)17-16-21-11-5-3-6-12-21/h3-15,18-19H,2,16-17,20H2,1H3. The van der Waals surface area contributed by atoms with Gasteiger partial charge in [-0.15, -0.1) is 0 Å². The third-order valence-electron chi connectivity index (χ3n) is 6.17. The van der Waals surface area contributed by atoms with E-state index in [0.29, 0.717) is 17.7 Å². The molecular formula is C30H26N4O4. The molecule has 0 aliphatic rings. The van der Waals surface area contributed by atoms with Crippen LogP contribution < -0.4 is 11.0 Å². The summed E-state index contributed by atoms with van der Waals surface area (Å²) in [6, 6.07) is 25.9. The summed E-state index contributed by atoms with van der Waals surface area (Å²) in [5.41, 5.74) is 2.49. The number of nitrogens with zero attached hydrogens (tertiary/aromatic N) is 4. The smallest absolute Gasteiger partial charge is 0.341 e. The molecular weight excluding hydrogens is 480 g/mol. The number of esters is 1. The Kier molecular flexibility index (Phi) is 7.21. The molecule has 0 atom stereocenters. The van der Waals surface area contributed by atoms with Crippen LogP contribution in [0.3, 0.4) is 0 Å². The van der Waals surface area contributed by atoms with Crippen molar-refractivity contribution in [2.75, 3.05) is 6.61 Å². The zero-order chi connectivity index (χ0) is 26.5. The van der Waals surface area contributed by atoms with Gasteiger partial charge in [0.1, 0.15) is 16.9 Å². The van der Waals surface area contributed by atoms with Crippen LogP contribution in [0.1, 0.15) is 34.8 Å². The van der Waals surface area contributed by atoms with Gasteiger partial charge in [-0.2, -0.15) is 4.99 Å². The van der Waals surface area contributed by atoms with Crippen LogP contribution in [-0.2, 0) is 22.5 Å². The zero-order valence-corrected chi connectivity index (χ0v) is 20.9. The molecule has 2 aromatic carbocycles. The van der Waals surface area contributed by atoms with Crippen molar-refractivity contribution in [3.05, 3.63) is 124 Å². The van der Waals surface area contributed by atoms with E-state index in [4.69, 9.17) is 9.72 Å². The predicted molar refractivity (Wildman–Crippen MR) is 144 cm³/mol. The van der Waals surface area contributed by atoms with E-state index in [1.165, 1.54) is 10.5 Å². The molecule has 0 saturated carbocycles. The zero-order valence-electron chi connectivity index (χ0n) is 20.9. The Morgan fingerprint density at radius 2 is 1.61 bits per heavy atom. The number of pyridine rings is 2. The van der Waals surface area contributed by atoms with E-state index >= 15 is 0 Å². The van der Waals surface area contributed by atoms with Crippen molar-refractivity contribution in [3.8, 4) is 0 Å². The Bertz CT molecular complexity index is 1760. The predicted octanol–water partition coefficient (Wildman–Crippen LogP) is 3.93. The highest BCUT2D eigenvalue weighted by Gasteiger charge is 2.20. The summed E-state index contributed by atoms with van der Waals surface area (Å²) in [6.45, 7) is 2.07. The van der Waals surface area contributed by atoms with Crippen LogP contribution >= 0.6 is 0 Å². The minimum atomic E-state index is -0.664. The molecule has 0 fully saturated rings. The first-order chi connectivity index (χ1) is 18.5. The average Bonchev–Trinajstić information content (AvgIpc) is 2.94. The highest BCUT2D eigenvalue weighted by Crippen LogP contribution is 2.14. The van der Waals surface area contributed by atoms with E-state index in [2.05, 4.69) is 4.99 Å². The number of aryl methyl sites for hydroxylation is 1. The van der Waals surface area contributed by atoms with Crippen molar-refractivity contribution in [3.63, 3.8) is 0 Å². The second-order valence-electron chi connectivity index (χ2n) is 8.75. The van der Waals surface area contributed by atoms with E-state index in [1.54, 1.807) is 35.9 Å². The summed E-state index contributed by atoms with van der Waals surface area (Å²) in [5, 5.41) is 0.225. The van der Waals surface area contributed by atoms with Gasteiger partial charge in [-0.05, 0) is 42.7 Å².